The molecular formula is C15H16Cl2N2. The van der Waals surface area contributed by atoms with E-state index in [9.17, 15) is 0 Å². The third kappa shape index (κ3) is 2.80. The van der Waals surface area contributed by atoms with E-state index in [1.54, 1.807) is 12.1 Å². The molecular weight excluding hydrogens is 279 g/mol. The summed E-state index contributed by atoms with van der Waals surface area (Å²) in [5, 5.41) is 0.972. The summed E-state index contributed by atoms with van der Waals surface area (Å²) >= 11 is 12.0. The molecule has 0 aliphatic heterocycles. The second-order valence-electron chi connectivity index (χ2n) is 4.67. The summed E-state index contributed by atoms with van der Waals surface area (Å²) in [6.07, 6.45) is 0. The van der Waals surface area contributed by atoms with Crippen molar-refractivity contribution in [1.82, 2.24) is 0 Å². The van der Waals surface area contributed by atoms with E-state index in [-0.39, 0.29) is 0 Å². The largest absolute Gasteiger partial charge is 0.397 e. The zero-order chi connectivity index (χ0) is 14.2. The van der Waals surface area contributed by atoms with Crippen LogP contribution in [0.3, 0.4) is 0 Å². The topological polar surface area (TPSA) is 29.3 Å². The predicted molar refractivity (Wildman–Crippen MR) is 84.9 cm³/mol. The Morgan fingerprint density at radius 2 is 1.58 bits per heavy atom. The molecule has 2 nitrogen and oxygen atoms in total. The number of hydrogen-bond acceptors (Lipinski definition) is 2. The molecule has 0 bridgehead atoms. The molecule has 0 aromatic heterocycles. The van der Waals surface area contributed by atoms with Crippen LogP contribution in [-0.2, 0) is 0 Å². The summed E-state index contributed by atoms with van der Waals surface area (Å²) in [5.41, 5.74) is 11.0. The molecule has 0 aliphatic rings. The maximum absolute atomic E-state index is 6.07. The molecule has 0 saturated carbocycles. The third-order valence-corrected chi connectivity index (χ3v) is 3.87. The Hall–Kier alpha value is -1.38. The number of nitrogen functional groups attached to an aromatic ring is 1. The minimum absolute atomic E-state index is 0.469. The van der Waals surface area contributed by atoms with Gasteiger partial charge >= 0.3 is 0 Å². The Bertz CT molecular complexity index is 624. The zero-order valence-electron chi connectivity index (χ0n) is 11.2. The van der Waals surface area contributed by atoms with Gasteiger partial charge in [-0.25, -0.2) is 0 Å². The lowest BCUT2D eigenvalue weighted by Gasteiger charge is -2.24. The normalized spacial score (nSPS) is 10.6. The molecule has 100 valence electrons. The Balaban J connectivity index is 2.49. The first-order chi connectivity index (χ1) is 8.90. The van der Waals surface area contributed by atoms with Gasteiger partial charge < -0.3 is 10.6 Å². The van der Waals surface area contributed by atoms with E-state index in [0.717, 1.165) is 11.4 Å². The number of rotatable bonds is 2. The average Bonchev–Trinajstić information content (AvgIpc) is 2.33. The SMILES string of the molecule is Cc1ccc(N(C)c2cc(Cl)c(Cl)cc2N)c(C)c1. The van der Waals surface area contributed by atoms with Crippen LogP contribution in [0.1, 0.15) is 11.1 Å². The van der Waals surface area contributed by atoms with E-state index in [0.29, 0.717) is 15.7 Å². The summed E-state index contributed by atoms with van der Waals surface area (Å²) in [5.74, 6) is 0. The minimum atomic E-state index is 0.469. The van der Waals surface area contributed by atoms with Gasteiger partial charge in [0.05, 0.1) is 21.4 Å². The lowest BCUT2D eigenvalue weighted by Crippen LogP contribution is -2.13. The van der Waals surface area contributed by atoms with Crippen molar-refractivity contribution in [2.24, 2.45) is 0 Å². The molecule has 0 aliphatic carbocycles. The fourth-order valence-electron chi connectivity index (χ4n) is 2.15. The lowest BCUT2D eigenvalue weighted by atomic mass is 10.1. The van der Waals surface area contributed by atoms with Crippen LogP contribution in [0.2, 0.25) is 10.0 Å². The van der Waals surface area contributed by atoms with Crippen LogP contribution in [-0.4, -0.2) is 7.05 Å². The Labute approximate surface area is 123 Å². The van der Waals surface area contributed by atoms with E-state index in [1.165, 1.54) is 11.1 Å². The van der Waals surface area contributed by atoms with Crippen LogP contribution in [0, 0.1) is 13.8 Å². The Morgan fingerprint density at radius 3 is 2.21 bits per heavy atom. The van der Waals surface area contributed by atoms with Gasteiger partial charge in [-0.1, -0.05) is 40.9 Å². The van der Waals surface area contributed by atoms with Crippen molar-refractivity contribution >= 4 is 40.3 Å². The highest BCUT2D eigenvalue weighted by atomic mass is 35.5. The molecule has 2 N–H and O–H groups in total. The number of nitrogens with two attached hydrogens (primary N) is 1. The quantitative estimate of drug-likeness (QED) is 0.793. The molecule has 0 fully saturated rings. The van der Waals surface area contributed by atoms with E-state index >= 15 is 0 Å². The van der Waals surface area contributed by atoms with Crippen molar-refractivity contribution in [3.8, 4) is 0 Å². The van der Waals surface area contributed by atoms with Crippen LogP contribution >= 0.6 is 23.2 Å². The van der Waals surface area contributed by atoms with Gasteiger partial charge in [0.15, 0.2) is 0 Å². The summed E-state index contributed by atoms with van der Waals surface area (Å²) in [6.45, 7) is 4.15. The molecule has 2 aromatic carbocycles. The highest BCUT2D eigenvalue weighted by Crippen LogP contribution is 2.36. The summed E-state index contributed by atoms with van der Waals surface area (Å²) in [4.78, 5) is 2.02. The van der Waals surface area contributed by atoms with E-state index in [2.05, 4.69) is 32.0 Å². The molecule has 2 aromatic rings. The van der Waals surface area contributed by atoms with Crippen molar-refractivity contribution in [3.05, 3.63) is 51.5 Å². The van der Waals surface area contributed by atoms with Gasteiger partial charge in [0, 0.05) is 12.7 Å². The first-order valence-electron chi connectivity index (χ1n) is 5.95. The predicted octanol–water partition coefficient (Wildman–Crippen LogP) is 4.96. The number of benzene rings is 2. The number of anilines is 3. The molecule has 2 rings (SSSR count). The number of nitrogens with zero attached hydrogens (tertiary/aromatic N) is 1. The second-order valence-corrected chi connectivity index (χ2v) is 5.49. The number of hydrogen-bond donors (Lipinski definition) is 1. The van der Waals surface area contributed by atoms with Gasteiger partial charge in [-0.15, -0.1) is 0 Å². The summed E-state index contributed by atoms with van der Waals surface area (Å²) in [6, 6.07) is 9.76. The van der Waals surface area contributed by atoms with Crippen molar-refractivity contribution < 1.29 is 0 Å². The van der Waals surface area contributed by atoms with E-state index in [4.69, 9.17) is 28.9 Å². The van der Waals surface area contributed by atoms with Gasteiger partial charge in [0.1, 0.15) is 0 Å². The zero-order valence-corrected chi connectivity index (χ0v) is 12.7. The Kier molecular flexibility index (Phi) is 3.93. The highest BCUT2D eigenvalue weighted by molar-refractivity contribution is 6.42. The van der Waals surface area contributed by atoms with Gasteiger partial charge in [0.25, 0.3) is 0 Å². The molecule has 0 atom stereocenters. The van der Waals surface area contributed by atoms with Crippen LogP contribution in [0.4, 0.5) is 17.1 Å². The van der Waals surface area contributed by atoms with Gasteiger partial charge in [-0.2, -0.15) is 0 Å². The first kappa shape index (κ1) is 14.0. The van der Waals surface area contributed by atoms with Crippen molar-refractivity contribution in [3.63, 3.8) is 0 Å². The molecule has 0 heterocycles. The van der Waals surface area contributed by atoms with Gasteiger partial charge in [-0.05, 0) is 37.6 Å². The maximum atomic E-state index is 6.07. The molecule has 0 spiro atoms. The van der Waals surface area contributed by atoms with Crippen LogP contribution in [0.5, 0.6) is 0 Å². The van der Waals surface area contributed by atoms with Crippen molar-refractivity contribution in [2.75, 3.05) is 17.7 Å². The van der Waals surface area contributed by atoms with Gasteiger partial charge in [-0.3, -0.25) is 0 Å². The lowest BCUT2D eigenvalue weighted by molar-refractivity contribution is 1.18. The molecule has 19 heavy (non-hydrogen) atoms. The average molecular weight is 295 g/mol. The molecule has 0 saturated heterocycles. The molecule has 4 heteroatoms. The van der Waals surface area contributed by atoms with Crippen molar-refractivity contribution in [2.45, 2.75) is 13.8 Å². The number of halogens is 2. The summed E-state index contributed by atoms with van der Waals surface area (Å²) in [7, 11) is 1.97. The fourth-order valence-corrected chi connectivity index (χ4v) is 2.48. The molecule has 0 unspecified atom stereocenters. The van der Waals surface area contributed by atoms with Crippen LogP contribution in [0.25, 0.3) is 0 Å². The minimum Gasteiger partial charge on any atom is -0.397 e. The number of aryl methyl sites for hydroxylation is 2. The van der Waals surface area contributed by atoms with Crippen LogP contribution < -0.4 is 10.6 Å². The molecule has 0 radical (unpaired) electrons. The maximum Gasteiger partial charge on any atom is 0.0657 e. The second kappa shape index (κ2) is 5.32. The highest BCUT2D eigenvalue weighted by Gasteiger charge is 2.12. The van der Waals surface area contributed by atoms with Gasteiger partial charge in [0.2, 0.25) is 0 Å². The van der Waals surface area contributed by atoms with Crippen LogP contribution in [0.15, 0.2) is 30.3 Å². The first-order valence-corrected chi connectivity index (χ1v) is 6.71. The third-order valence-electron chi connectivity index (χ3n) is 3.14. The van der Waals surface area contributed by atoms with E-state index in [1.807, 2.05) is 11.9 Å². The van der Waals surface area contributed by atoms with E-state index < -0.39 is 0 Å². The monoisotopic (exact) mass is 294 g/mol. The standard InChI is InChI=1S/C15H16Cl2N2/c1-9-4-5-14(10(2)6-9)19(3)15-8-12(17)11(16)7-13(15)18/h4-8H,18H2,1-3H3. The Morgan fingerprint density at radius 1 is 0.947 bits per heavy atom. The smallest absolute Gasteiger partial charge is 0.0657 e. The summed E-state index contributed by atoms with van der Waals surface area (Å²) < 4.78 is 0. The van der Waals surface area contributed by atoms with Crippen molar-refractivity contribution in [1.29, 1.82) is 0 Å². The fraction of sp³-hybridized carbons (Fsp3) is 0.200. The molecule has 0 amide bonds.